The molecule has 3 aromatic rings. The monoisotopic (exact) mass is 463 g/mol. The first-order valence-electron chi connectivity index (χ1n) is 10.8. The van der Waals surface area contributed by atoms with Crippen LogP contribution in [0.15, 0.2) is 16.9 Å². The maximum Gasteiger partial charge on any atom is 0.291 e. The van der Waals surface area contributed by atoms with Gasteiger partial charge in [-0.1, -0.05) is 18.0 Å². The molecule has 1 amide bonds. The summed E-state index contributed by atoms with van der Waals surface area (Å²) < 4.78 is 8.98. The van der Waals surface area contributed by atoms with Crippen molar-refractivity contribution in [3.63, 3.8) is 0 Å². The first kappa shape index (κ1) is 20.9. The molecular weight excluding hydrogens is 438 g/mol. The lowest BCUT2D eigenvalue weighted by Crippen LogP contribution is -2.53. The van der Waals surface area contributed by atoms with Crippen LogP contribution in [0.25, 0.3) is 15.7 Å². The van der Waals surface area contributed by atoms with Gasteiger partial charge in [0.2, 0.25) is 5.91 Å². The van der Waals surface area contributed by atoms with Crippen LogP contribution in [0.4, 0.5) is 0 Å². The van der Waals surface area contributed by atoms with Crippen molar-refractivity contribution >= 4 is 44.6 Å². The Morgan fingerprint density at radius 1 is 1.32 bits per heavy atom. The summed E-state index contributed by atoms with van der Waals surface area (Å²) in [5.41, 5.74) is 0.177. The van der Waals surface area contributed by atoms with Crippen LogP contribution in [0, 0.1) is 0 Å². The standard InChI is InChI=1S/C21H26ClN5O3S/c1-30-12-18-24-26(20(29)16-8-13-9-17(22)31-21(13)27(16)18)11-19(28)23-14-4-3-7-25(10-14)15-5-2-6-15/h8-9,14-15H,2-7,10-12H2,1H3,(H,23,28)/t14-/m1/s1. The summed E-state index contributed by atoms with van der Waals surface area (Å²) in [5.74, 6) is 0.381. The molecule has 8 nitrogen and oxygen atoms in total. The number of piperidine rings is 1. The fourth-order valence-corrected chi connectivity index (χ4v) is 5.92. The lowest BCUT2D eigenvalue weighted by atomic mass is 9.89. The van der Waals surface area contributed by atoms with Crippen molar-refractivity contribution in [1.82, 2.24) is 24.4 Å². The normalized spacial score (nSPS) is 20.4. The van der Waals surface area contributed by atoms with Crippen molar-refractivity contribution in [3.05, 3.63) is 32.6 Å². The highest BCUT2D eigenvalue weighted by molar-refractivity contribution is 7.22. The van der Waals surface area contributed by atoms with Crippen LogP contribution in [0.3, 0.4) is 0 Å². The molecule has 0 aromatic carbocycles. The van der Waals surface area contributed by atoms with Gasteiger partial charge in [-0.25, -0.2) is 4.68 Å². The van der Waals surface area contributed by atoms with Crippen LogP contribution in [-0.2, 0) is 22.7 Å². The number of fused-ring (bicyclic) bond motifs is 3. The molecule has 5 rings (SSSR count). The number of thiophene rings is 1. The average molecular weight is 464 g/mol. The maximum absolute atomic E-state index is 13.1. The molecule has 2 fully saturated rings. The average Bonchev–Trinajstić information content (AvgIpc) is 3.21. The Bertz CT molecular complexity index is 1180. The SMILES string of the molecule is COCc1nn(CC(=O)N[C@@H]2CCCN(C3CCC3)C2)c(=O)c2cc3cc(Cl)sc3n12. The molecule has 1 N–H and O–H groups in total. The number of aromatic nitrogens is 3. The van der Waals surface area contributed by atoms with E-state index in [4.69, 9.17) is 16.3 Å². The molecule has 166 valence electrons. The molecule has 1 atom stereocenters. The lowest BCUT2D eigenvalue weighted by Gasteiger charge is -2.42. The van der Waals surface area contributed by atoms with Gasteiger partial charge < -0.3 is 10.1 Å². The molecule has 0 radical (unpaired) electrons. The fourth-order valence-electron chi connectivity index (χ4n) is 4.69. The second-order valence-corrected chi connectivity index (χ2v) is 10.1. The topological polar surface area (TPSA) is 80.9 Å². The van der Waals surface area contributed by atoms with Gasteiger partial charge in [0.05, 0.1) is 4.34 Å². The second-order valence-electron chi connectivity index (χ2n) is 8.47. The third-order valence-electron chi connectivity index (χ3n) is 6.37. The quantitative estimate of drug-likeness (QED) is 0.607. The molecule has 3 aromatic heterocycles. The van der Waals surface area contributed by atoms with Gasteiger partial charge in [-0.3, -0.25) is 18.9 Å². The van der Waals surface area contributed by atoms with Crippen LogP contribution < -0.4 is 10.9 Å². The van der Waals surface area contributed by atoms with Crippen LogP contribution >= 0.6 is 22.9 Å². The van der Waals surface area contributed by atoms with Gasteiger partial charge in [0.25, 0.3) is 5.56 Å². The van der Waals surface area contributed by atoms with Gasteiger partial charge in [-0.2, -0.15) is 5.10 Å². The zero-order chi connectivity index (χ0) is 21.5. The number of hydrogen-bond donors (Lipinski definition) is 1. The molecule has 0 spiro atoms. The predicted octanol–water partition coefficient (Wildman–Crippen LogP) is 2.64. The summed E-state index contributed by atoms with van der Waals surface area (Å²) in [6.07, 6.45) is 5.90. The second kappa shape index (κ2) is 8.54. The van der Waals surface area contributed by atoms with Gasteiger partial charge in [0.1, 0.15) is 23.5 Å². The third kappa shape index (κ3) is 4.00. The van der Waals surface area contributed by atoms with E-state index >= 15 is 0 Å². The van der Waals surface area contributed by atoms with Crippen LogP contribution in [0.5, 0.6) is 0 Å². The van der Waals surface area contributed by atoms with E-state index in [1.807, 2.05) is 6.07 Å². The number of nitrogens with zero attached hydrogens (tertiary/aromatic N) is 4. The Hall–Kier alpha value is -1.94. The summed E-state index contributed by atoms with van der Waals surface area (Å²) >= 11 is 7.53. The predicted molar refractivity (Wildman–Crippen MR) is 121 cm³/mol. The Labute approximate surface area is 188 Å². The van der Waals surface area contributed by atoms with E-state index < -0.39 is 0 Å². The Kier molecular flexibility index (Phi) is 5.76. The molecule has 4 heterocycles. The minimum atomic E-state index is -0.297. The number of rotatable bonds is 6. The minimum absolute atomic E-state index is 0.106. The summed E-state index contributed by atoms with van der Waals surface area (Å²) in [5, 5.41) is 8.46. The Morgan fingerprint density at radius 3 is 2.90 bits per heavy atom. The molecule has 31 heavy (non-hydrogen) atoms. The molecule has 1 aliphatic carbocycles. The highest BCUT2D eigenvalue weighted by Gasteiger charge is 2.30. The van der Waals surface area contributed by atoms with Crippen molar-refractivity contribution in [1.29, 1.82) is 0 Å². The van der Waals surface area contributed by atoms with E-state index in [1.165, 1.54) is 35.3 Å². The fraction of sp³-hybridized carbons (Fsp3) is 0.571. The Balaban J connectivity index is 1.37. The zero-order valence-corrected chi connectivity index (χ0v) is 19.0. The zero-order valence-electron chi connectivity index (χ0n) is 17.5. The van der Waals surface area contributed by atoms with Crippen molar-refractivity contribution in [2.75, 3.05) is 20.2 Å². The van der Waals surface area contributed by atoms with Gasteiger partial charge >= 0.3 is 0 Å². The van der Waals surface area contributed by atoms with Crippen molar-refractivity contribution in [3.8, 4) is 0 Å². The molecule has 2 aliphatic rings. The number of halogens is 1. The van der Waals surface area contributed by atoms with Crippen molar-refractivity contribution < 1.29 is 9.53 Å². The number of ether oxygens (including phenoxy) is 1. The smallest absolute Gasteiger partial charge is 0.291 e. The summed E-state index contributed by atoms with van der Waals surface area (Å²) in [4.78, 5) is 29.2. The summed E-state index contributed by atoms with van der Waals surface area (Å²) in [6.45, 7) is 2.12. The number of amides is 1. The van der Waals surface area contributed by atoms with Crippen LogP contribution in [-0.4, -0.2) is 57.3 Å². The van der Waals surface area contributed by atoms with Crippen molar-refractivity contribution in [2.24, 2.45) is 0 Å². The number of carbonyl (C=O) groups is 1. The van der Waals surface area contributed by atoms with Gasteiger partial charge in [0.15, 0.2) is 5.82 Å². The largest absolute Gasteiger partial charge is 0.377 e. The van der Waals surface area contributed by atoms with Crippen LogP contribution in [0.1, 0.15) is 37.9 Å². The first-order chi connectivity index (χ1) is 15.0. The molecule has 0 unspecified atom stereocenters. The van der Waals surface area contributed by atoms with E-state index in [1.54, 1.807) is 17.6 Å². The maximum atomic E-state index is 13.1. The number of likely N-dealkylation sites (tertiary alicyclic amines) is 1. The third-order valence-corrected chi connectivity index (χ3v) is 7.63. The lowest BCUT2D eigenvalue weighted by molar-refractivity contribution is -0.123. The number of methoxy groups -OCH3 is 1. The first-order valence-corrected chi connectivity index (χ1v) is 12.0. The summed E-state index contributed by atoms with van der Waals surface area (Å²) in [7, 11) is 1.58. The number of nitrogens with one attached hydrogen (secondary N) is 1. The molecule has 1 saturated carbocycles. The number of hydrogen-bond acceptors (Lipinski definition) is 6. The van der Waals surface area contributed by atoms with E-state index in [9.17, 15) is 9.59 Å². The van der Waals surface area contributed by atoms with Gasteiger partial charge in [-0.15, -0.1) is 11.3 Å². The molecule has 10 heteroatoms. The molecule has 1 aliphatic heterocycles. The summed E-state index contributed by atoms with van der Waals surface area (Å²) in [6, 6.07) is 4.44. The Morgan fingerprint density at radius 2 is 2.16 bits per heavy atom. The van der Waals surface area contributed by atoms with Crippen molar-refractivity contribution in [2.45, 2.75) is 57.3 Å². The van der Waals surface area contributed by atoms with E-state index in [0.29, 0.717) is 21.7 Å². The molecule has 0 bridgehead atoms. The van der Waals surface area contributed by atoms with Gasteiger partial charge in [-0.05, 0) is 44.4 Å². The minimum Gasteiger partial charge on any atom is -0.377 e. The van der Waals surface area contributed by atoms with Gasteiger partial charge in [0, 0.05) is 31.1 Å². The molecule has 1 saturated heterocycles. The number of carbonyl (C=O) groups excluding carboxylic acids is 1. The van der Waals surface area contributed by atoms with Crippen LogP contribution in [0.2, 0.25) is 4.34 Å². The van der Waals surface area contributed by atoms with E-state index in [2.05, 4.69) is 15.3 Å². The molecular formula is C21H26ClN5O3S. The van der Waals surface area contributed by atoms with E-state index in [-0.39, 0.29) is 30.7 Å². The van der Waals surface area contributed by atoms with E-state index in [0.717, 1.165) is 36.1 Å². The highest BCUT2D eigenvalue weighted by atomic mass is 35.5. The highest BCUT2D eigenvalue weighted by Crippen LogP contribution is 2.32.